The smallest absolute Gasteiger partial charge is 0.335 e. The molecule has 0 atom stereocenters. The number of benzene rings is 2. The fraction of sp³-hybridized carbons (Fsp3) is 0.381. The number of aliphatic carboxylic acids is 1. The average molecular weight is 437 g/mol. The number of sulfonamides is 1. The summed E-state index contributed by atoms with van der Waals surface area (Å²) in [6.45, 7) is 6.93. The number of nitrogens with two attached hydrogens (primary N) is 1. The summed E-state index contributed by atoms with van der Waals surface area (Å²) in [6, 6.07) is 12.4. The number of ether oxygens (including phenoxy) is 2. The first-order valence-electron chi connectivity index (χ1n) is 9.36. The van der Waals surface area contributed by atoms with Gasteiger partial charge in [0.15, 0.2) is 5.60 Å². The number of hydrogen-bond donors (Lipinski definition) is 3. The van der Waals surface area contributed by atoms with Crippen LogP contribution in [0.1, 0.15) is 34.1 Å². The van der Waals surface area contributed by atoms with E-state index < -0.39 is 27.2 Å². The van der Waals surface area contributed by atoms with Crippen LogP contribution in [0.5, 0.6) is 5.75 Å². The van der Waals surface area contributed by atoms with Crippen molar-refractivity contribution in [2.45, 2.75) is 50.2 Å². The number of hydrogen-bond acceptors (Lipinski definition) is 6. The monoisotopic (exact) mass is 436 g/mol. The molecular formula is C21H28N2O6S. The zero-order valence-electron chi connectivity index (χ0n) is 17.5. The van der Waals surface area contributed by atoms with Gasteiger partial charge in [0.25, 0.3) is 10.0 Å². The van der Waals surface area contributed by atoms with Gasteiger partial charge >= 0.3 is 5.97 Å². The molecule has 4 N–H and O–H groups in total. The molecule has 0 aliphatic rings. The van der Waals surface area contributed by atoms with Crippen LogP contribution in [0.15, 0.2) is 53.4 Å². The Balaban J connectivity index is 1.96. The molecule has 0 unspecified atom stereocenters. The summed E-state index contributed by atoms with van der Waals surface area (Å²) >= 11 is 0. The summed E-state index contributed by atoms with van der Waals surface area (Å²) < 4.78 is 38.7. The molecule has 0 heterocycles. The van der Waals surface area contributed by atoms with Crippen molar-refractivity contribution in [2.75, 3.05) is 17.1 Å². The second-order valence-electron chi connectivity index (χ2n) is 7.97. The molecule has 9 heteroatoms. The van der Waals surface area contributed by atoms with Crippen LogP contribution in [0, 0.1) is 0 Å². The maximum atomic E-state index is 12.4. The minimum Gasteiger partial charge on any atom is -0.488 e. The first kappa shape index (κ1) is 23.5. The van der Waals surface area contributed by atoms with Crippen molar-refractivity contribution in [2.24, 2.45) is 0 Å². The Morgan fingerprint density at radius 1 is 1.03 bits per heavy atom. The average Bonchev–Trinajstić information content (AvgIpc) is 2.63. The topological polar surface area (TPSA) is 128 Å². The number of anilines is 2. The van der Waals surface area contributed by atoms with Gasteiger partial charge in [-0.3, -0.25) is 4.72 Å². The highest BCUT2D eigenvalue weighted by molar-refractivity contribution is 7.92. The molecule has 0 radical (unpaired) electrons. The Morgan fingerprint density at radius 3 is 2.13 bits per heavy atom. The molecule has 0 amide bonds. The molecule has 164 valence electrons. The molecule has 2 aromatic rings. The molecule has 2 aromatic carbocycles. The number of nitrogen functional groups attached to an aromatic ring is 1. The summed E-state index contributed by atoms with van der Waals surface area (Å²) in [7, 11) is -3.72. The first-order chi connectivity index (χ1) is 13.8. The van der Waals surface area contributed by atoms with Gasteiger partial charge in [-0.15, -0.1) is 0 Å². The molecule has 0 aromatic heterocycles. The predicted octanol–water partition coefficient (Wildman–Crippen LogP) is 3.50. The third-order valence-electron chi connectivity index (χ3n) is 4.37. The standard InChI is InChI=1S/C21H28N2O6S/c1-20(2,13-14-28-21(3,4)19(24)25)29-17-9-7-16(8-10-17)23-30(26,27)18-11-5-15(22)6-12-18/h5-12,23H,13-14,22H2,1-4H3,(H,24,25). The molecule has 0 saturated carbocycles. The van der Waals surface area contributed by atoms with E-state index in [1.54, 1.807) is 24.3 Å². The Morgan fingerprint density at radius 2 is 1.60 bits per heavy atom. The number of carboxylic acid groups (broad SMARTS) is 1. The Hall–Kier alpha value is -2.78. The largest absolute Gasteiger partial charge is 0.488 e. The van der Waals surface area contributed by atoms with Gasteiger partial charge in [0.1, 0.15) is 11.4 Å². The van der Waals surface area contributed by atoms with Crippen molar-refractivity contribution in [1.82, 2.24) is 0 Å². The molecule has 8 nitrogen and oxygen atoms in total. The van der Waals surface area contributed by atoms with Gasteiger partial charge < -0.3 is 20.3 Å². The van der Waals surface area contributed by atoms with Gasteiger partial charge in [0.2, 0.25) is 0 Å². The molecule has 0 aliphatic carbocycles. The molecule has 30 heavy (non-hydrogen) atoms. The summed E-state index contributed by atoms with van der Waals surface area (Å²) in [6.07, 6.45) is 0.467. The van der Waals surface area contributed by atoms with Crippen LogP contribution in [-0.4, -0.2) is 37.3 Å². The molecule has 0 bridgehead atoms. The van der Waals surface area contributed by atoms with Crippen LogP contribution < -0.4 is 15.2 Å². The van der Waals surface area contributed by atoms with E-state index in [4.69, 9.17) is 20.3 Å². The lowest BCUT2D eigenvalue weighted by Crippen LogP contribution is -2.37. The van der Waals surface area contributed by atoms with E-state index in [9.17, 15) is 13.2 Å². The van der Waals surface area contributed by atoms with Crippen molar-refractivity contribution in [3.63, 3.8) is 0 Å². The molecule has 0 saturated heterocycles. The van der Waals surface area contributed by atoms with E-state index in [2.05, 4.69) is 4.72 Å². The fourth-order valence-electron chi connectivity index (χ4n) is 2.44. The lowest BCUT2D eigenvalue weighted by atomic mass is 10.1. The normalized spacial score (nSPS) is 12.4. The zero-order chi connectivity index (χ0) is 22.6. The van der Waals surface area contributed by atoms with E-state index in [-0.39, 0.29) is 11.5 Å². The van der Waals surface area contributed by atoms with E-state index in [0.29, 0.717) is 23.5 Å². The molecule has 0 fully saturated rings. The van der Waals surface area contributed by atoms with Gasteiger partial charge in [0, 0.05) is 17.8 Å². The van der Waals surface area contributed by atoms with Crippen molar-refractivity contribution in [1.29, 1.82) is 0 Å². The summed E-state index contributed by atoms with van der Waals surface area (Å²) in [5, 5.41) is 9.09. The number of nitrogens with one attached hydrogen (secondary N) is 1. The molecule has 2 rings (SSSR count). The van der Waals surface area contributed by atoms with E-state index in [1.165, 1.54) is 38.1 Å². The van der Waals surface area contributed by atoms with Gasteiger partial charge in [0.05, 0.1) is 11.5 Å². The van der Waals surface area contributed by atoms with Gasteiger partial charge in [-0.05, 0) is 76.2 Å². The number of rotatable bonds is 10. The van der Waals surface area contributed by atoms with Crippen LogP contribution in [0.3, 0.4) is 0 Å². The lowest BCUT2D eigenvalue weighted by Gasteiger charge is -2.28. The van der Waals surface area contributed by atoms with E-state index >= 15 is 0 Å². The predicted molar refractivity (Wildman–Crippen MR) is 115 cm³/mol. The molecule has 0 aliphatic heterocycles. The summed E-state index contributed by atoms with van der Waals surface area (Å²) in [5.74, 6) is -0.480. The minimum absolute atomic E-state index is 0.113. The second-order valence-corrected chi connectivity index (χ2v) is 9.66. The molecule has 0 spiro atoms. The highest BCUT2D eigenvalue weighted by atomic mass is 32.2. The van der Waals surface area contributed by atoms with Crippen molar-refractivity contribution in [3.05, 3.63) is 48.5 Å². The van der Waals surface area contributed by atoms with Crippen LogP contribution in [0.25, 0.3) is 0 Å². The van der Waals surface area contributed by atoms with Crippen LogP contribution in [-0.2, 0) is 19.6 Å². The van der Waals surface area contributed by atoms with Gasteiger partial charge in [-0.25, -0.2) is 13.2 Å². The van der Waals surface area contributed by atoms with Crippen LogP contribution >= 0.6 is 0 Å². The minimum atomic E-state index is -3.72. The van der Waals surface area contributed by atoms with E-state index in [1.807, 2.05) is 13.8 Å². The highest BCUT2D eigenvalue weighted by Gasteiger charge is 2.29. The van der Waals surface area contributed by atoms with Crippen molar-refractivity contribution < 1.29 is 27.8 Å². The third kappa shape index (κ3) is 6.64. The first-order valence-corrected chi connectivity index (χ1v) is 10.8. The van der Waals surface area contributed by atoms with Crippen LogP contribution in [0.4, 0.5) is 11.4 Å². The quantitative estimate of drug-likeness (QED) is 0.486. The summed E-state index contributed by atoms with van der Waals surface area (Å²) in [5.41, 5.74) is 4.59. The van der Waals surface area contributed by atoms with E-state index in [0.717, 1.165) is 0 Å². The summed E-state index contributed by atoms with van der Waals surface area (Å²) in [4.78, 5) is 11.2. The van der Waals surface area contributed by atoms with Gasteiger partial charge in [-0.1, -0.05) is 0 Å². The van der Waals surface area contributed by atoms with Crippen LogP contribution in [0.2, 0.25) is 0 Å². The molecular weight excluding hydrogens is 408 g/mol. The lowest BCUT2D eigenvalue weighted by molar-refractivity contribution is -0.162. The fourth-order valence-corrected chi connectivity index (χ4v) is 3.49. The third-order valence-corrected chi connectivity index (χ3v) is 5.77. The second kappa shape index (κ2) is 8.93. The number of carbonyl (C=O) groups is 1. The Bertz CT molecular complexity index is 968. The maximum Gasteiger partial charge on any atom is 0.335 e. The number of carboxylic acids is 1. The van der Waals surface area contributed by atoms with Crippen molar-refractivity contribution >= 4 is 27.4 Å². The Kier molecular flexibility index (Phi) is 6.99. The van der Waals surface area contributed by atoms with Crippen molar-refractivity contribution in [3.8, 4) is 5.75 Å². The highest BCUT2D eigenvalue weighted by Crippen LogP contribution is 2.25. The zero-order valence-corrected chi connectivity index (χ0v) is 18.3. The maximum absolute atomic E-state index is 12.4. The van der Waals surface area contributed by atoms with Gasteiger partial charge in [-0.2, -0.15) is 0 Å². The Labute approximate surface area is 177 Å². The SMILES string of the molecule is CC(C)(CCOC(C)(C)C(=O)O)Oc1ccc(NS(=O)(=O)c2ccc(N)cc2)cc1.